The van der Waals surface area contributed by atoms with E-state index in [1.807, 2.05) is 6.92 Å². The normalized spacial score (nSPS) is 21.7. The van der Waals surface area contributed by atoms with Crippen LogP contribution < -0.4 is 11.3 Å². The maximum atomic E-state index is 5.64. The summed E-state index contributed by atoms with van der Waals surface area (Å²) in [7, 11) is 1.66. The highest BCUT2D eigenvalue weighted by atomic mass is 16.5. The number of guanidine groups is 1. The number of methoxy groups -OCH3 is 1. The van der Waals surface area contributed by atoms with Crippen LogP contribution in [0.4, 0.5) is 0 Å². The number of piperidine rings is 1. The molecular weight excluding hydrogens is 220 g/mol. The third kappa shape index (κ3) is 4.89. The average molecular weight is 244 g/mol. The number of nitrogens with two attached hydrogens (primary N) is 1. The van der Waals surface area contributed by atoms with Gasteiger partial charge in [0.2, 0.25) is 5.96 Å². The van der Waals surface area contributed by atoms with Crippen molar-refractivity contribution in [2.45, 2.75) is 25.9 Å². The van der Waals surface area contributed by atoms with Crippen LogP contribution in [0.5, 0.6) is 0 Å². The molecule has 0 aromatic heterocycles. The predicted octanol–water partition coefficient (Wildman–Crippen LogP) is -0.0470. The van der Waals surface area contributed by atoms with E-state index >= 15 is 0 Å². The SMILES string of the molecule is CCOC1CCCN(C(=NCCOC)NN)C1. The number of nitrogens with one attached hydrogen (secondary N) is 1. The fraction of sp³-hybridized carbons (Fsp3) is 0.909. The number of nitrogens with zero attached hydrogens (tertiary/aromatic N) is 2. The van der Waals surface area contributed by atoms with E-state index in [4.69, 9.17) is 15.3 Å². The first kappa shape index (κ1) is 14.2. The first-order valence-electron chi connectivity index (χ1n) is 6.18. The molecule has 3 N–H and O–H groups in total. The van der Waals surface area contributed by atoms with Crippen LogP contribution in [0.3, 0.4) is 0 Å². The van der Waals surface area contributed by atoms with Crippen molar-refractivity contribution in [2.24, 2.45) is 10.8 Å². The van der Waals surface area contributed by atoms with E-state index < -0.39 is 0 Å². The smallest absolute Gasteiger partial charge is 0.208 e. The molecule has 0 spiro atoms. The Hall–Kier alpha value is -0.850. The zero-order chi connectivity index (χ0) is 12.5. The van der Waals surface area contributed by atoms with Crippen molar-refractivity contribution < 1.29 is 9.47 Å². The van der Waals surface area contributed by atoms with Gasteiger partial charge >= 0.3 is 0 Å². The molecule has 1 aliphatic heterocycles. The van der Waals surface area contributed by atoms with Crippen molar-refractivity contribution in [1.29, 1.82) is 0 Å². The van der Waals surface area contributed by atoms with Crippen LogP contribution in [-0.2, 0) is 9.47 Å². The summed E-state index contributed by atoms with van der Waals surface area (Å²) in [5.74, 6) is 6.23. The molecule has 0 aromatic rings. The van der Waals surface area contributed by atoms with Gasteiger partial charge in [0.1, 0.15) is 0 Å². The Balaban J connectivity index is 2.47. The van der Waals surface area contributed by atoms with Gasteiger partial charge in [0.05, 0.1) is 19.3 Å². The minimum atomic E-state index is 0.287. The van der Waals surface area contributed by atoms with E-state index in [1.165, 1.54) is 0 Å². The topological polar surface area (TPSA) is 72.1 Å². The van der Waals surface area contributed by atoms with Gasteiger partial charge in [0, 0.05) is 26.8 Å². The molecule has 0 aliphatic carbocycles. The third-order valence-corrected chi connectivity index (χ3v) is 2.77. The van der Waals surface area contributed by atoms with Crippen LogP contribution in [0.2, 0.25) is 0 Å². The highest BCUT2D eigenvalue weighted by molar-refractivity contribution is 5.79. The van der Waals surface area contributed by atoms with E-state index in [9.17, 15) is 0 Å². The minimum Gasteiger partial charge on any atom is -0.383 e. The van der Waals surface area contributed by atoms with Crippen LogP contribution in [0.1, 0.15) is 19.8 Å². The second-order valence-corrected chi connectivity index (χ2v) is 4.01. The van der Waals surface area contributed by atoms with Crippen LogP contribution in [0.25, 0.3) is 0 Å². The highest BCUT2D eigenvalue weighted by Crippen LogP contribution is 2.13. The number of rotatable bonds is 5. The number of hydrogen-bond acceptors (Lipinski definition) is 4. The van der Waals surface area contributed by atoms with Gasteiger partial charge in [-0.05, 0) is 19.8 Å². The van der Waals surface area contributed by atoms with Crippen molar-refractivity contribution in [1.82, 2.24) is 10.3 Å². The quantitative estimate of drug-likeness (QED) is 0.233. The number of ether oxygens (including phenoxy) is 2. The van der Waals surface area contributed by atoms with E-state index in [2.05, 4.69) is 15.3 Å². The standard InChI is InChI=1S/C11H24N4O2/c1-3-17-10-5-4-7-15(9-10)11(14-12)13-6-8-16-2/h10H,3-9,12H2,1-2H3,(H,13,14). The molecule has 100 valence electrons. The molecule has 1 heterocycles. The Morgan fingerprint density at radius 1 is 1.59 bits per heavy atom. The maximum Gasteiger partial charge on any atom is 0.208 e. The van der Waals surface area contributed by atoms with Gasteiger partial charge < -0.3 is 14.4 Å². The molecule has 1 rings (SSSR count). The van der Waals surface area contributed by atoms with Crippen molar-refractivity contribution in [3.05, 3.63) is 0 Å². The van der Waals surface area contributed by atoms with Crippen LogP contribution in [-0.4, -0.2) is 56.9 Å². The lowest BCUT2D eigenvalue weighted by Crippen LogP contribution is -2.50. The summed E-state index contributed by atoms with van der Waals surface area (Å²) < 4.78 is 10.6. The Kier molecular flexibility index (Phi) is 6.91. The maximum absolute atomic E-state index is 5.64. The fourth-order valence-corrected chi connectivity index (χ4v) is 1.98. The van der Waals surface area contributed by atoms with Crippen LogP contribution in [0, 0.1) is 0 Å². The van der Waals surface area contributed by atoms with Gasteiger partial charge in [-0.2, -0.15) is 0 Å². The zero-order valence-electron chi connectivity index (χ0n) is 10.8. The van der Waals surface area contributed by atoms with Crippen molar-refractivity contribution in [3.8, 4) is 0 Å². The lowest BCUT2D eigenvalue weighted by atomic mass is 10.1. The number of aliphatic imine (C=N–C) groups is 1. The third-order valence-electron chi connectivity index (χ3n) is 2.77. The second-order valence-electron chi connectivity index (χ2n) is 4.01. The van der Waals surface area contributed by atoms with Gasteiger partial charge in [0.15, 0.2) is 0 Å². The Morgan fingerprint density at radius 3 is 3.06 bits per heavy atom. The van der Waals surface area contributed by atoms with E-state index in [1.54, 1.807) is 7.11 Å². The molecule has 0 radical (unpaired) electrons. The molecule has 1 aliphatic rings. The average Bonchev–Trinajstić information content (AvgIpc) is 2.35. The lowest BCUT2D eigenvalue weighted by molar-refractivity contribution is 0.0227. The molecule has 0 bridgehead atoms. The predicted molar refractivity (Wildman–Crippen MR) is 67.7 cm³/mol. The zero-order valence-corrected chi connectivity index (χ0v) is 10.8. The van der Waals surface area contributed by atoms with E-state index in [0.717, 1.165) is 38.5 Å². The molecule has 1 fully saturated rings. The first-order chi connectivity index (χ1) is 8.31. The van der Waals surface area contributed by atoms with Gasteiger partial charge in [-0.3, -0.25) is 5.43 Å². The molecule has 17 heavy (non-hydrogen) atoms. The van der Waals surface area contributed by atoms with Crippen LogP contribution >= 0.6 is 0 Å². The number of likely N-dealkylation sites (tertiary alicyclic amines) is 1. The second kappa shape index (κ2) is 8.27. The summed E-state index contributed by atoms with van der Waals surface area (Å²) in [5, 5.41) is 0. The first-order valence-corrected chi connectivity index (χ1v) is 6.18. The summed E-state index contributed by atoms with van der Waals surface area (Å²) in [6, 6.07) is 0. The molecule has 1 unspecified atom stereocenters. The van der Waals surface area contributed by atoms with Gasteiger partial charge in [-0.25, -0.2) is 10.8 Å². The fourth-order valence-electron chi connectivity index (χ4n) is 1.98. The summed E-state index contributed by atoms with van der Waals surface area (Å²) in [5.41, 5.74) is 2.66. The van der Waals surface area contributed by atoms with Gasteiger partial charge in [-0.15, -0.1) is 0 Å². The highest BCUT2D eigenvalue weighted by Gasteiger charge is 2.22. The lowest BCUT2D eigenvalue weighted by Gasteiger charge is -2.34. The van der Waals surface area contributed by atoms with Crippen molar-refractivity contribution >= 4 is 5.96 Å². The van der Waals surface area contributed by atoms with E-state index in [0.29, 0.717) is 13.2 Å². The molecule has 6 heteroatoms. The van der Waals surface area contributed by atoms with Crippen LogP contribution in [0.15, 0.2) is 4.99 Å². The molecule has 6 nitrogen and oxygen atoms in total. The summed E-state index contributed by atoms with van der Waals surface area (Å²) in [6.07, 6.45) is 2.50. The molecule has 0 amide bonds. The molecular formula is C11H24N4O2. The molecule has 1 atom stereocenters. The largest absolute Gasteiger partial charge is 0.383 e. The molecule has 1 saturated heterocycles. The van der Waals surface area contributed by atoms with Crippen molar-refractivity contribution in [3.63, 3.8) is 0 Å². The summed E-state index contributed by atoms with van der Waals surface area (Å²) >= 11 is 0. The number of hydrazine groups is 1. The van der Waals surface area contributed by atoms with Gasteiger partial charge in [-0.1, -0.05) is 0 Å². The Labute approximate surface area is 103 Å². The molecule has 0 saturated carbocycles. The molecule has 0 aromatic carbocycles. The monoisotopic (exact) mass is 244 g/mol. The minimum absolute atomic E-state index is 0.287. The number of hydrogen-bond donors (Lipinski definition) is 2. The van der Waals surface area contributed by atoms with Crippen molar-refractivity contribution in [2.75, 3.05) is 40.0 Å². The Bertz CT molecular complexity index is 234. The summed E-state index contributed by atoms with van der Waals surface area (Å²) in [4.78, 5) is 6.51. The Morgan fingerprint density at radius 2 is 2.41 bits per heavy atom. The van der Waals surface area contributed by atoms with E-state index in [-0.39, 0.29) is 6.10 Å². The van der Waals surface area contributed by atoms with Gasteiger partial charge in [0.25, 0.3) is 0 Å². The summed E-state index contributed by atoms with van der Waals surface area (Å²) in [6.45, 7) is 5.82.